The van der Waals surface area contributed by atoms with Gasteiger partial charge < -0.3 is 25.2 Å². The SMILES string of the molecule is CN(Cc1ccccc1)C(=O)NCC(NC(=O)c1c(Cl)cc2c(c1Cl)CCN(Cc1cccc(Cl)c1)C2=O)C(=O)OCc1ccccc1. The average Bonchev–Trinajstić information content (AvgIpc) is 3.07. The van der Waals surface area contributed by atoms with Gasteiger partial charge in [0.25, 0.3) is 11.8 Å². The van der Waals surface area contributed by atoms with Crippen LogP contribution in [0.15, 0.2) is 91.0 Å². The van der Waals surface area contributed by atoms with Gasteiger partial charge in [-0.3, -0.25) is 9.59 Å². The van der Waals surface area contributed by atoms with Crippen molar-refractivity contribution in [3.8, 4) is 0 Å². The molecular formula is C36H33Cl3N4O5. The number of urea groups is 1. The topological polar surface area (TPSA) is 108 Å². The summed E-state index contributed by atoms with van der Waals surface area (Å²) in [4.78, 5) is 56.4. The summed E-state index contributed by atoms with van der Waals surface area (Å²) in [5.41, 5.74) is 3.24. The Morgan fingerprint density at radius 2 is 1.56 bits per heavy atom. The molecule has 5 rings (SSSR count). The summed E-state index contributed by atoms with van der Waals surface area (Å²) < 4.78 is 5.51. The smallest absolute Gasteiger partial charge is 0.330 e. The lowest BCUT2D eigenvalue weighted by molar-refractivity contribution is -0.147. The molecule has 1 heterocycles. The van der Waals surface area contributed by atoms with Crippen LogP contribution >= 0.6 is 34.8 Å². The van der Waals surface area contributed by atoms with E-state index < -0.39 is 23.9 Å². The first-order valence-corrected chi connectivity index (χ1v) is 16.3. The van der Waals surface area contributed by atoms with Crippen LogP contribution in [0.1, 0.15) is 43.0 Å². The Morgan fingerprint density at radius 1 is 0.896 bits per heavy atom. The number of carbonyl (C=O) groups is 4. The number of ether oxygens (including phenoxy) is 1. The van der Waals surface area contributed by atoms with Gasteiger partial charge in [0.2, 0.25) is 0 Å². The van der Waals surface area contributed by atoms with Gasteiger partial charge in [-0.05, 0) is 46.9 Å². The van der Waals surface area contributed by atoms with E-state index in [2.05, 4.69) is 10.6 Å². The lowest BCUT2D eigenvalue weighted by atomic mass is 9.95. The van der Waals surface area contributed by atoms with Crippen molar-refractivity contribution in [1.82, 2.24) is 20.4 Å². The van der Waals surface area contributed by atoms with Crippen molar-refractivity contribution < 1.29 is 23.9 Å². The van der Waals surface area contributed by atoms with Crippen LogP contribution in [0.5, 0.6) is 0 Å². The maximum absolute atomic E-state index is 13.7. The predicted molar refractivity (Wildman–Crippen MR) is 185 cm³/mol. The third-order valence-electron chi connectivity index (χ3n) is 7.84. The Kier molecular flexibility index (Phi) is 11.6. The van der Waals surface area contributed by atoms with Crippen molar-refractivity contribution in [2.45, 2.75) is 32.2 Å². The number of hydrogen-bond donors (Lipinski definition) is 2. The van der Waals surface area contributed by atoms with Gasteiger partial charge in [-0.1, -0.05) is 108 Å². The van der Waals surface area contributed by atoms with E-state index in [0.29, 0.717) is 42.2 Å². The summed E-state index contributed by atoms with van der Waals surface area (Å²) in [5, 5.41) is 5.87. The lowest BCUT2D eigenvalue weighted by Gasteiger charge is -2.30. The normalized spacial score (nSPS) is 12.9. The van der Waals surface area contributed by atoms with Crippen molar-refractivity contribution in [3.05, 3.63) is 139 Å². The van der Waals surface area contributed by atoms with Crippen molar-refractivity contribution in [3.63, 3.8) is 0 Å². The molecule has 4 aromatic rings. The Bertz CT molecular complexity index is 1810. The van der Waals surface area contributed by atoms with Gasteiger partial charge in [0.15, 0.2) is 0 Å². The van der Waals surface area contributed by atoms with Crippen LogP contribution in [-0.2, 0) is 35.6 Å². The second-order valence-corrected chi connectivity index (χ2v) is 12.5. The summed E-state index contributed by atoms with van der Waals surface area (Å²) in [6.45, 7) is 0.724. The Morgan fingerprint density at radius 3 is 2.25 bits per heavy atom. The van der Waals surface area contributed by atoms with E-state index in [1.54, 1.807) is 36.2 Å². The van der Waals surface area contributed by atoms with Crippen molar-refractivity contribution in [2.75, 3.05) is 20.1 Å². The van der Waals surface area contributed by atoms with E-state index in [4.69, 9.17) is 39.5 Å². The van der Waals surface area contributed by atoms with Gasteiger partial charge in [0.05, 0.1) is 22.2 Å². The summed E-state index contributed by atoms with van der Waals surface area (Å²) in [6, 6.07) is 25.4. The highest BCUT2D eigenvalue weighted by molar-refractivity contribution is 6.41. The number of amides is 4. The van der Waals surface area contributed by atoms with E-state index in [0.717, 1.165) is 16.7 Å². The van der Waals surface area contributed by atoms with Crippen LogP contribution in [0.2, 0.25) is 15.1 Å². The fourth-order valence-corrected chi connectivity index (χ4v) is 6.27. The molecule has 0 bridgehead atoms. The molecule has 0 spiro atoms. The molecule has 1 aliphatic heterocycles. The second kappa shape index (κ2) is 16.0. The summed E-state index contributed by atoms with van der Waals surface area (Å²) >= 11 is 19.4. The maximum atomic E-state index is 13.7. The van der Waals surface area contributed by atoms with Crippen LogP contribution in [0.3, 0.4) is 0 Å². The number of carbonyl (C=O) groups excluding carboxylic acids is 4. The number of nitrogens with one attached hydrogen (secondary N) is 2. The van der Waals surface area contributed by atoms with Gasteiger partial charge in [-0.15, -0.1) is 0 Å². The molecule has 1 atom stereocenters. The third-order valence-corrected chi connectivity index (χ3v) is 8.79. The average molecular weight is 708 g/mol. The Hall–Kier alpha value is -4.57. The molecule has 48 heavy (non-hydrogen) atoms. The van der Waals surface area contributed by atoms with Crippen LogP contribution in [0.4, 0.5) is 4.79 Å². The van der Waals surface area contributed by atoms with Crippen molar-refractivity contribution >= 4 is 58.6 Å². The number of esters is 1. The Balaban J connectivity index is 1.31. The van der Waals surface area contributed by atoms with Crippen LogP contribution < -0.4 is 10.6 Å². The Labute approximate surface area is 293 Å². The van der Waals surface area contributed by atoms with E-state index >= 15 is 0 Å². The van der Waals surface area contributed by atoms with Gasteiger partial charge in [-0.25, -0.2) is 9.59 Å². The van der Waals surface area contributed by atoms with Crippen LogP contribution in [0, 0.1) is 0 Å². The number of nitrogens with zero attached hydrogens (tertiary/aromatic N) is 2. The molecule has 0 radical (unpaired) electrons. The van der Waals surface area contributed by atoms with E-state index in [1.165, 1.54) is 11.0 Å². The minimum absolute atomic E-state index is 0.0220. The monoisotopic (exact) mass is 706 g/mol. The highest BCUT2D eigenvalue weighted by Gasteiger charge is 2.32. The zero-order valence-electron chi connectivity index (χ0n) is 26.0. The molecule has 0 saturated heterocycles. The second-order valence-electron chi connectivity index (χ2n) is 11.3. The van der Waals surface area contributed by atoms with Crippen molar-refractivity contribution in [1.29, 1.82) is 0 Å². The molecule has 9 nitrogen and oxygen atoms in total. The molecule has 248 valence electrons. The number of halogens is 3. The maximum Gasteiger partial charge on any atom is 0.330 e. The quantitative estimate of drug-likeness (QED) is 0.173. The number of benzene rings is 4. The molecular weight excluding hydrogens is 675 g/mol. The minimum Gasteiger partial charge on any atom is -0.459 e. The van der Waals surface area contributed by atoms with Crippen LogP contribution in [-0.4, -0.2) is 59.8 Å². The first-order valence-electron chi connectivity index (χ1n) is 15.2. The summed E-state index contributed by atoms with van der Waals surface area (Å²) in [7, 11) is 1.62. The first-order chi connectivity index (χ1) is 23.1. The van der Waals surface area contributed by atoms with Crippen LogP contribution in [0.25, 0.3) is 0 Å². The molecule has 1 unspecified atom stereocenters. The van der Waals surface area contributed by atoms with Gasteiger partial charge >= 0.3 is 12.0 Å². The highest BCUT2D eigenvalue weighted by Crippen LogP contribution is 2.35. The first kappa shape index (κ1) is 34.8. The third kappa shape index (κ3) is 8.66. The van der Waals surface area contributed by atoms with Crippen molar-refractivity contribution in [2.24, 2.45) is 0 Å². The van der Waals surface area contributed by atoms with Gasteiger partial charge in [0.1, 0.15) is 12.6 Å². The zero-order valence-corrected chi connectivity index (χ0v) is 28.3. The molecule has 1 aliphatic rings. The molecule has 0 aromatic heterocycles. The summed E-state index contributed by atoms with van der Waals surface area (Å²) in [5.74, 6) is -1.80. The molecule has 4 aromatic carbocycles. The molecule has 2 N–H and O–H groups in total. The predicted octanol–water partition coefficient (Wildman–Crippen LogP) is 6.53. The highest BCUT2D eigenvalue weighted by atomic mass is 35.5. The number of fused-ring (bicyclic) bond motifs is 1. The molecule has 12 heteroatoms. The molecule has 0 fully saturated rings. The fourth-order valence-electron chi connectivity index (χ4n) is 5.33. The minimum atomic E-state index is -1.28. The number of hydrogen-bond acceptors (Lipinski definition) is 5. The lowest BCUT2D eigenvalue weighted by Crippen LogP contribution is -2.51. The van der Waals surface area contributed by atoms with Gasteiger partial charge in [0, 0.05) is 37.3 Å². The molecule has 4 amide bonds. The summed E-state index contributed by atoms with van der Waals surface area (Å²) in [6.07, 6.45) is 0.379. The largest absolute Gasteiger partial charge is 0.459 e. The standard InChI is InChI=1S/C36H33Cl3N4O5/c1-42(20-23-9-4-2-5-10-23)36(47)40-19-30(35(46)48-22-24-11-6-3-7-12-24)41-33(44)31-29(38)18-28-27(32(31)39)15-16-43(34(28)45)21-25-13-8-14-26(37)17-25/h2-14,17-18,30H,15-16,19-22H2,1H3,(H,40,47)(H,41,44). The van der Waals surface area contributed by atoms with E-state index in [1.807, 2.05) is 60.7 Å². The zero-order chi connectivity index (χ0) is 34.2. The van der Waals surface area contributed by atoms with E-state index in [9.17, 15) is 19.2 Å². The van der Waals surface area contributed by atoms with Gasteiger partial charge in [-0.2, -0.15) is 0 Å². The number of rotatable bonds is 11. The molecule has 0 saturated carbocycles. The fraction of sp³-hybridized carbons (Fsp3) is 0.222. The van der Waals surface area contributed by atoms with E-state index in [-0.39, 0.29) is 34.7 Å². The molecule has 0 aliphatic carbocycles.